The fourth-order valence-corrected chi connectivity index (χ4v) is 9.04. The van der Waals surface area contributed by atoms with E-state index in [-0.39, 0.29) is 81.5 Å². The Morgan fingerprint density at radius 2 is 1.60 bits per heavy atom. The van der Waals surface area contributed by atoms with Gasteiger partial charge in [-0.2, -0.15) is 5.10 Å². The number of hydrogen-bond acceptors (Lipinski definition) is 14. The van der Waals surface area contributed by atoms with Crippen LogP contribution in [-0.2, 0) is 48.4 Å². The predicted octanol–water partition coefficient (Wildman–Crippen LogP) is 7.60. The number of ether oxygens (including phenoxy) is 2. The molecule has 22 heteroatoms. The van der Waals surface area contributed by atoms with Gasteiger partial charge in [0.05, 0.1) is 29.7 Å². The molecule has 7 aromatic rings. The molecule has 1 aliphatic heterocycles. The van der Waals surface area contributed by atoms with Gasteiger partial charge in [0.25, 0.3) is 11.8 Å². The van der Waals surface area contributed by atoms with Crippen molar-refractivity contribution in [2.75, 3.05) is 18.4 Å². The van der Waals surface area contributed by atoms with Crippen LogP contribution in [0.1, 0.15) is 81.4 Å². The van der Waals surface area contributed by atoms with Crippen LogP contribution in [0.4, 0.5) is 15.3 Å². The molecule has 80 heavy (non-hydrogen) atoms. The lowest BCUT2D eigenvalue weighted by molar-refractivity contribution is -0.137. The molecule has 7 amide bonds. The summed E-state index contributed by atoms with van der Waals surface area (Å²) in [5, 5.41) is 12.6. The van der Waals surface area contributed by atoms with Crippen LogP contribution >= 0.6 is 0 Å². The summed E-state index contributed by atoms with van der Waals surface area (Å²) in [7, 11) is 0. The third-order valence-electron chi connectivity index (χ3n) is 13.1. The monoisotopic (exact) mass is 1090 g/mol. The highest BCUT2D eigenvalue weighted by Gasteiger charge is 2.30. The molecule has 0 radical (unpaired) electrons. The van der Waals surface area contributed by atoms with E-state index in [1.165, 1.54) is 23.4 Å². The van der Waals surface area contributed by atoms with Gasteiger partial charge >= 0.3 is 12.1 Å². The van der Waals surface area contributed by atoms with Gasteiger partial charge in [-0.15, -0.1) is 0 Å². The molecule has 22 nitrogen and oxygen atoms in total. The topological polar surface area (TPSA) is 291 Å². The van der Waals surface area contributed by atoms with Gasteiger partial charge in [0.1, 0.15) is 30.3 Å². The number of fused-ring (bicyclic) bond motifs is 1. The minimum atomic E-state index is -0.867. The summed E-state index contributed by atoms with van der Waals surface area (Å²) >= 11 is 0. The minimum Gasteiger partial charge on any atom is -0.457 e. The molecule has 8 rings (SSSR count). The van der Waals surface area contributed by atoms with Gasteiger partial charge in [0, 0.05) is 86.1 Å². The molecule has 0 aliphatic carbocycles. The van der Waals surface area contributed by atoms with Gasteiger partial charge in [0.15, 0.2) is 11.4 Å². The quantitative estimate of drug-likeness (QED) is 0.0245. The number of anilines is 1. The van der Waals surface area contributed by atoms with Crippen LogP contribution in [0.3, 0.4) is 0 Å². The van der Waals surface area contributed by atoms with Crippen molar-refractivity contribution in [1.82, 2.24) is 55.0 Å². The van der Waals surface area contributed by atoms with Gasteiger partial charge < -0.3 is 36.1 Å². The predicted molar refractivity (Wildman–Crippen MR) is 295 cm³/mol. The Bertz CT molecular complexity index is 3340. The molecule has 0 saturated heterocycles. The third kappa shape index (κ3) is 15.8. The van der Waals surface area contributed by atoms with Crippen LogP contribution < -0.4 is 26.4 Å². The highest BCUT2D eigenvalue weighted by molar-refractivity contribution is 6.12. The first-order valence-corrected chi connectivity index (χ1v) is 26.4. The van der Waals surface area contributed by atoms with Gasteiger partial charge in [0.2, 0.25) is 11.8 Å². The molecule has 1 aliphatic rings. The van der Waals surface area contributed by atoms with Crippen LogP contribution in [0.2, 0.25) is 0 Å². The molecule has 2 atom stereocenters. The molecule has 0 saturated carbocycles. The second-order valence-electron chi connectivity index (χ2n) is 19.6. The second-order valence-corrected chi connectivity index (χ2v) is 19.6. The number of carbonyl (C=O) groups is 7. The number of nitrogens with one attached hydrogen (secondary N) is 4. The zero-order valence-corrected chi connectivity index (χ0v) is 44.7. The molecule has 0 spiro atoms. The van der Waals surface area contributed by atoms with Crippen molar-refractivity contribution in [1.29, 1.82) is 0 Å². The molecular weight excluding hydrogens is 1020 g/mol. The van der Waals surface area contributed by atoms with E-state index in [0.717, 1.165) is 21.7 Å². The van der Waals surface area contributed by atoms with E-state index < -0.39 is 30.0 Å². The number of carbonyl (C=O) groups excluding carboxylic acids is 7. The number of H-pyrrole nitrogens is 1. The van der Waals surface area contributed by atoms with E-state index in [9.17, 15) is 33.6 Å². The normalized spacial score (nSPS) is 12.8. The number of urea groups is 1. The molecule has 0 bridgehead atoms. The fraction of sp³-hybridized carbons (Fsp3) is 0.310. The van der Waals surface area contributed by atoms with Gasteiger partial charge in [-0.3, -0.25) is 43.7 Å². The Kier molecular flexibility index (Phi) is 19.2. The first-order valence-electron chi connectivity index (χ1n) is 26.4. The molecular formula is C58H63N13O9. The van der Waals surface area contributed by atoms with Gasteiger partial charge in [-0.25, -0.2) is 24.1 Å². The number of unbranched alkanes of at least 4 members (excludes halogenated alkanes) is 2. The Morgan fingerprint density at radius 3 is 2.35 bits per heavy atom. The SMILES string of the molecule is Cc1cccc(-c2[nH]c(CN(Cc3cccc(Oc4ccncc4)c3)C(=O)OCc3ccc(NC(=O)[C@H](CCCNC(N)=O)CC(=O)[C@@H](NC(=O)CCCCCN4C(=O)C=CC4=O)C(C)C)cc3)nc2-c2ccc3ncnn3c2)n1. The average molecular weight is 1090 g/mol. The molecule has 2 aromatic carbocycles. The number of nitrogens with zero attached hydrogens (tertiary/aromatic N) is 8. The Balaban J connectivity index is 0.932. The van der Waals surface area contributed by atoms with E-state index in [1.54, 1.807) is 67.2 Å². The number of benzene rings is 2. The number of aryl methyl sites for hydroxylation is 1. The fourth-order valence-electron chi connectivity index (χ4n) is 9.04. The van der Waals surface area contributed by atoms with Gasteiger partial charge in [-0.1, -0.05) is 50.6 Å². The van der Waals surface area contributed by atoms with Crippen molar-refractivity contribution in [2.24, 2.45) is 17.6 Å². The first kappa shape index (κ1) is 56.6. The number of aromatic amines is 1. The summed E-state index contributed by atoms with van der Waals surface area (Å²) in [6.45, 7) is 5.94. The number of aromatic nitrogens is 7. The first-order chi connectivity index (χ1) is 38.6. The number of nitrogens with two attached hydrogens (primary N) is 1. The maximum absolute atomic E-state index is 14.3. The minimum absolute atomic E-state index is 0.00326. The summed E-state index contributed by atoms with van der Waals surface area (Å²) in [6, 6.07) is 25.5. The lowest BCUT2D eigenvalue weighted by Crippen LogP contribution is -2.45. The van der Waals surface area contributed by atoms with E-state index in [4.69, 9.17) is 25.2 Å². The number of ketones is 1. The van der Waals surface area contributed by atoms with Crippen molar-refractivity contribution in [3.8, 4) is 34.1 Å². The summed E-state index contributed by atoms with van der Waals surface area (Å²) in [5.41, 5.74) is 11.2. The van der Waals surface area contributed by atoms with E-state index in [0.29, 0.717) is 77.0 Å². The summed E-state index contributed by atoms with van der Waals surface area (Å²) < 4.78 is 13.7. The zero-order valence-electron chi connectivity index (χ0n) is 44.7. The van der Waals surface area contributed by atoms with Crippen molar-refractivity contribution >= 4 is 52.9 Å². The average Bonchev–Trinajstić information content (AvgIpc) is 4.20. The lowest BCUT2D eigenvalue weighted by Gasteiger charge is -2.24. The van der Waals surface area contributed by atoms with Gasteiger partial charge in [-0.05, 0) is 110 Å². The van der Waals surface area contributed by atoms with Crippen LogP contribution in [0.15, 0.2) is 128 Å². The van der Waals surface area contributed by atoms with Crippen molar-refractivity contribution in [3.63, 3.8) is 0 Å². The molecule has 6 N–H and O–H groups in total. The van der Waals surface area contributed by atoms with E-state index >= 15 is 0 Å². The van der Waals surface area contributed by atoms with Crippen LogP contribution in [0.25, 0.3) is 28.3 Å². The van der Waals surface area contributed by atoms with Crippen molar-refractivity contribution < 1.29 is 43.0 Å². The number of hydrogen-bond donors (Lipinski definition) is 5. The summed E-state index contributed by atoms with van der Waals surface area (Å²) in [5.74, 6) is -1.31. The van der Waals surface area contributed by atoms with E-state index in [1.807, 2.05) is 67.7 Å². The Morgan fingerprint density at radius 1 is 0.825 bits per heavy atom. The highest BCUT2D eigenvalue weighted by atomic mass is 16.6. The standard InChI is InChI=1S/C58H63N13O9/c1-37(2)53(68-50(73)15-5-4-6-29-70-51(74)22-23-52(70)75)47(72)31-41(12-9-26-61-57(59)77)56(76)65-43-19-16-39(17-20-43)35-79-58(78)69(32-40-11-8-13-45(30-40)80-44-24-27-60-28-25-44)34-48-66-54(42-18-21-49-62-36-63-71(49)33-42)55(67-48)46-14-7-10-38(3)64-46/h7-8,10-11,13-14,16-25,27-28,30,33,36-37,41,53H,4-6,9,12,15,26,29,31-32,34-35H2,1-3H3,(H,65,76)(H,66,67)(H,68,73)(H3,59,61,77)/t41-,53+/m1/s1. The van der Waals surface area contributed by atoms with E-state index in [2.05, 4.69) is 36.0 Å². The number of amides is 7. The maximum atomic E-state index is 14.3. The lowest BCUT2D eigenvalue weighted by atomic mass is 9.89. The Labute approximate surface area is 461 Å². The molecule has 0 unspecified atom stereocenters. The molecule has 0 fully saturated rings. The second kappa shape index (κ2) is 27.1. The molecule has 6 heterocycles. The number of primary amides is 1. The Hall–Kier alpha value is -9.60. The summed E-state index contributed by atoms with van der Waals surface area (Å²) in [6.07, 6.45) is 10.5. The number of Topliss-reactive ketones (excluding diaryl/α,β-unsaturated/α-hetero) is 1. The highest BCUT2D eigenvalue weighted by Crippen LogP contribution is 2.31. The summed E-state index contributed by atoms with van der Waals surface area (Å²) in [4.78, 5) is 115. The third-order valence-corrected chi connectivity index (χ3v) is 13.1. The number of rotatable bonds is 27. The molecule has 414 valence electrons. The van der Waals surface area contributed by atoms with Crippen molar-refractivity contribution in [3.05, 3.63) is 151 Å². The zero-order chi connectivity index (χ0) is 56.5. The van der Waals surface area contributed by atoms with Crippen LogP contribution in [-0.4, -0.2) is 105 Å². The number of imide groups is 1. The van der Waals surface area contributed by atoms with Crippen LogP contribution in [0.5, 0.6) is 11.5 Å². The smallest absolute Gasteiger partial charge is 0.410 e. The van der Waals surface area contributed by atoms with Crippen molar-refractivity contribution in [2.45, 2.75) is 91.5 Å². The number of imidazole rings is 1. The van der Waals surface area contributed by atoms with Crippen LogP contribution in [0, 0.1) is 18.8 Å². The largest absolute Gasteiger partial charge is 0.457 e. The molecule has 5 aromatic heterocycles. The maximum Gasteiger partial charge on any atom is 0.410 e. The number of pyridine rings is 3.